The van der Waals surface area contributed by atoms with Crippen molar-refractivity contribution in [2.24, 2.45) is 5.73 Å². The highest BCUT2D eigenvalue weighted by molar-refractivity contribution is 8.01. The van der Waals surface area contributed by atoms with Crippen LogP contribution in [-0.4, -0.2) is 43.1 Å². The van der Waals surface area contributed by atoms with Crippen LogP contribution in [0.4, 0.5) is 14.5 Å². The molecule has 0 radical (unpaired) electrons. The van der Waals surface area contributed by atoms with Crippen molar-refractivity contribution in [3.63, 3.8) is 0 Å². The van der Waals surface area contributed by atoms with Crippen molar-refractivity contribution in [3.05, 3.63) is 29.3 Å². The van der Waals surface area contributed by atoms with Gasteiger partial charge in [-0.2, -0.15) is 11.8 Å². The van der Waals surface area contributed by atoms with Crippen LogP contribution in [0.2, 0.25) is 0 Å². The van der Waals surface area contributed by atoms with E-state index in [1.165, 1.54) is 16.7 Å². The Bertz CT molecular complexity index is 656. The normalized spacial score (nSPS) is 19.6. The Labute approximate surface area is 131 Å². The van der Waals surface area contributed by atoms with Gasteiger partial charge in [0.15, 0.2) is 9.84 Å². The molecule has 0 aliphatic carbocycles. The predicted molar refractivity (Wildman–Crippen MR) is 85.5 cm³/mol. The minimum atomic E-state index is -3.46. The highest BCUT2D eigenvalue weighted by Gasteiger charge is 2.34. The summed E-state index contributed by atoms with van der Waals surface area (Å²) in [5.41, 5.74) is 5.10. The van der Waals surface area contributed by atoms with Crippen molar-refractivity contribution >= 4 is 44.5 Å². The Morgan fingerprint density at radius 2 is 2.00 bits per heavy atom. The van der Waals surface area contributed by atoms with Gasteiger partial charge in [-0.3, -0.25) is 0 Å². The average Bonchev–Trinajstić information content (AvgIpc) is 2.37. The Hall–Kier alpha value is -0.930. The molecule has 1 aromatic rings. The highest BCUT2D eigenvalue weighted by atomic mass is 32.2. The van der Waals surface area contributed by atoms with Crippen molar-refractivity contribution in [1.29, 1.82) is 0 Å². The van der Waals surface area contributed by atoms with Gasteiger partial charge in [0.2, 0.25) is 0 Å². The lowest BCUT2D eigenvalue weighted by Gasteiger charge is -2.36. The predicted octanol–water partition coefficient (Wildman–Crippen LogP) is 1.52. The Morgan fingerprint density at radius 3 is 2.48 bits per heavy atom. The fourth-order valence-corrected chi connectivity index (χ4v) is 5.12. The van der Waals surface area contributed by atoms with Crippen LogP contribution < -0.4 is 10.6 Å². The topological polar surface area (TPSA) is 63.4 Å². The van der Waals surface area contributed by atoms with Crippen LogP contribution in [0.25, 0.3) is 0 Å². The lowest BCUT2D eigenvalue weighted by molar-refractivity contribution is 0.557. The molecule has 1 saturated heterocycles. The van der Waals surface area contributed by atoms with Gasteiger partial charge in [-0.25, -0.2) is 17.2 Å². The summed E-state index contributed by atoms with van der Waals surface area (Å²) < 4.78 is 52.1. The SMILES string of the molecule is CS(=O)(=O)C1CSCCN1c1c(F)cc(C(N)=S)cc1F. The number of anilines is 1. The van der Waals surface area contributed by atoms with Gasteiger partial charge in [-0.15, -0.1) is 0 Å². The molecule has 0 spiro atoms. The number of nitrogens with two attached hydrogens (primary N) is 1. The molecular formula is C12H14F2N2O2S3. The van der Waals surface area contributed by atoms with Crippen molar-refractivity contribution in [1.82, 2.24) is 0 Å². The summed E-state index contributed by atoms with van der Waals surface area (Å²) in [6, 6.07) is 2.06. The number of thiocarbonyl (C=S) groups is 1. The molecule has 0 amide bonds. The van der Waals surface area contributed by atoms with Gasteiger partial charge in [-0.05, 0) is 12.1 Å². The Morgan fingerprint density at radius 1 is 1.43 bits per heavy atom. The zero-order chi connectivity index (χ0) is 15.8. The minimum absolute atomic E-state index is 0.0750. The molecule has 116 valence electrons. The zero-order valence-corrected chi connectivity index (χ0v) is 13.6. The van der Waals surface area contributed by atoms with Gasteiger partial charge >= 0.3 is 0 Å². The molecule has 9 heteroatoms. The molecule has 0 saturated carbocycles. The first kappa shape index (κ1) is 16.4. The van der Waals surface area contributed by atoms with Crippen LogP contribution in [0, 0.1) is 11.6 Å². The van der Waals surface area contributed by atoms with Gasteiger partial charge in [0.05, 0.1) is 0 Å². The van der Waals surface area contributed by atoms with E-state index in [1.54, 1.807) is 0 Å². The molecule has 1 unspecified atom stereocenters. The summed E-state index contributed by atoms with van der Waals surface area (Å²) >= 11 is 6.14. The van der Waals surface area contributed by atoms with Gasteiger partial charge in [-0.1, -0.05) is 12.2 Å². The molecule has 1 fully saturated rings. The molecule has 0 aromatic heterocycles. The maximum absolute atomic E-state index is 14.2. The van der Waals surface area contributed by atoms with Gasteiger partial charge < -0.3 is 10.6 Å². The third kappa shape index (κ3) is 3.46. The minimum Gasteiger partial charge on any atom is -0.389 e. The first-order valence-electron chi connectivity index (χ1n) is 6.04. The van der Waals surface area contributed by atoms with Crippen LogP contribution >= 0.6 is 24.0 Å². The van der Waals surface area contributed by atoms with Crippen LogP contribution in [-0.2, 0) is 9.84 Å². The smallest absolute Gasteiger partial charge is 0.169 e. The highest BCUT2D eigenvalue weighted by Crippen LogP contribution is 2.31. The van der Waals surface area contributed by atoms with Crippen molar-refractivity contribution in [3.8, 4) is 0 Å². The van der Waals surface area contributed by atoms with E-state index in [4.69, 9.17) is 18.0 Å². The lowest BCUT2D eigenvalue weighted by atomic mass is 10.1. The molecule has 1 aromatic carbocycles. The maximum atomic E-state index is 14.2. The second-order valence-corrected chi connectivity index (χ2v) is 8.50. The fourth-order valence-electron chi connectivity index (χ4n) is 2.17. The number of rotatable bonds is 3. The summed E-state index contributed by atoms with van der Waals surface area (Å²) in [7, 11) is -3.46. The van der Waals surface area contributed by atoms with E-state index in [0.717, 1.165) is 18.4 Å². The first-order chi connectivity index (χ1) is 9.71. The van der Waals surface area contributed by atoms with Crippen LogP contribution in [0.5, 0.6) is 0 Å². The number of benzene rings is 1. The number of nitrogens with zero attached hydrogens (tertiary/aromatic N) is 1. The molecule has 4 nitrogen and oxygen atoms in total. The van der Waals surface area contributed by atoms with Crippen LogP contribution in [0.1, 0.15) is 5.56 Å². The van der Waals surface area contributed by atoms with Gasteiger partial charge in [0.1, 0.15) is 27.7 Å². The number of hydrogen-bond donors (Lipinski definition) is 1. The van der Waals surface area contributed by atoms with Crippen molar-refractivity contribution in [2.45, 2.75) is 5.37 Å². The standard InChI is InChI=1S/C12H14F2N2O2S3/c1-21(17,18)10-6-20-3-2-16(10)11-8(13)4-7(12(15)19)5-9(11)14/h4-5,10H,2-3,6H2,1H3,(H2,15,19). The van der Waals surface area contributed by atoms with E-state index in [0.29, 0.717) is 5.75 Å². The number of thioether (sulfide) groups is 1. The number of halogens is 2. The summed E-state index contributed by atoms with van der Waals surface area (Å²) in [6.45, 7) is 0.253. The van der Waals surface area contributed by atoms with E-state index in [9.17, 15) is 17.2 Å². The second kappa shape index (κ2) is 6.05. The van der Waals surface area contributed by atoms with Crippen molar-refractivity contribution < 1.29 is 17.2 Å². The molecule has 1 aliphatic heterocycles. The number of hydrogen-bond acceptors (Lipinski definition) is 5. The molecule has 1 aliphatic rings. The van der Waals surface area contributed by atoms with Gasteiger partial charge in [0, 0.05) is 29.9 Å². The molecule has 1 atom stereocenters. The lowest BCUT2D eigenvalue weighted by Crippen LogP contribution is -2.47. The van der Waals surface area contributed by atoms with Gasteiger partial charge in [0.25, 0.3) is 0 Å². The largest absolute Gasteiger partial charge is 0.389 e. The van der Waals surface area contributed by atoms with Crippen LogP contribution in [0.3, 0.4) is 0 Å². The quantitative estimate of drug-likeness (QED) is 0.833. The molecule has 2 rings (SSSR count). The Kier molecular flexibility index (Phi) is 4.74. The third-order valence-corrected chi connectivity index (χ3v) is 6.05. The zero-order valence-electron chi connectivity index (χ0n) is 11.2. The summed E-state index contributed by atoms with van der Waals surface area (Å²) in [6.07, 6.45) is 1.07. The van der Waals surface area contributed by atoms with E-state index in [2.05, 4.69) is 0 Å². The van der Waals surface area contributed by atoms with E-state index < -0.39 is 26.8 Å². The van der Waals surface area contributed by atoms with Crippen molar-refractivity contribution in [2.75, 3.05) is 29.2 Å². The molecular weight excluding hydrogens is 338 g/mol. The summed E-state index contributed by atoms with van der Waals surface area (Å²) in [5, 5.41) is -0.948. The summed E-state index contributed by atoms with van der Waals surface area (Å²) in [4.78, 5) is 1.15. The Balaban J connectivity index is 2.51. The third-order valence-electron chi connectivity index (χ3n) is 3.17. The molecule has 21 heavy (non-hydrogen) atoms. The fraction of sp³-hybridized carbons (Fsp3) is 0.417. The summed E-state index contributed by atoms with van der Waals surface area (Å²) in [5.74, 6) is -0.854. The van der Waals surface area contributed by atoms with E-state index >= 15 is 0 Å². The molecule has 0 bridgehead atoms. The molecule has 1 heterocycles. The molecule has 2 N–H and O–H groups in total. The first-order valence-corrected chi connectivity index (χ1v) is 9.55. The van der Waals surface area contributed by atoms with E-state index in [1.807, 2.05) is 0 Å². The van der Waals surface area contributed by atoms with Crippen LogP contribution in [0.15, 0.2) is 12.1 Å². The second-order valence-electron chi connectivity index (χ2n) is 4.71. The maximum Gasteiger partial charge on any atom is 0.169 e. The monoisotopic (exact) mass is 352 g/mol. The van der Waals surface area contributed by atoms with E-state index in [-0.39, 0.29) is 28.5 Å². The average molecular weight is 352 g/mol. The number of sulfone groups is 1.